The molecule has 1 heterocycles. The molecule has 1 aromatic heterocycles. The second-order valence-electron chi connectivity index (χ2n) is 5.28. The Kier molecular flexibility index (Phi) is 2.99. The normalized spacial score (nSPS) is 33.7. The summed E-state index contributed by atoms with van der Waals surface area (Å²) in [6.07, 6.45) is 7.51. The second-order valence-corrected chi connectivity index (χ2v) is 6.26. The van der Waals surface area contributed by atoms with Gasteiger partial charge >= 0.3 is 0 Å². The minimum atomic E-state index is 0.670. The van der Waals surface area contributed by atoms with Gasteiger partial charge in [-0.2, -0.15) is 0 Å². The molecule has 2 saturated carbocycles. The first-order chi connectivity index (χ1) is 7.86. The van der Waals surface area contributed by atoms with Crippen molar-refractivity contribution in [2.75, 3.05) is 6.54 Å². The fourth-order valence-corrected chi connectivity index (χ4v) is 3.98. The molecule has 0 saturated heterocycles. The fourth-order valence-electron chi connectivity index (χ4n) is 3.30. The number of thiazole rings is 1. The average Bonchev–Trinajstić information content (AvgIpc) is 2.72. The molecule has 1 N–H and O–H groups in total. The van der Waals surface area contributed by atoms with E-state index in [0.29, 0.717) is 6.04 Å². The largest absolute Gasteiger partial charge is 0.314 e. The van der Waals surface area contributed by atoms with Gasteiger partial charge in [0, 0.05) is 24.0 Å². The van der Waals surface area contributed by atoms with Crippen LogP contribution in [0.5, 0.6) is 0 Å². The van der Waals surface area contributed by atoms with Gasteiger partial charge < -0.3 is 5.32 Å². The van der Waals surface area contributed by atoms with E-state index in [0.717, 1.165) is 30.7 Å². The van der Waals surface area contributed by atoms with Crippen molar-refractivity contribution in [2.45, 2.75) is 38.6 Å². The summed E-state index contributed by atoms with van der Waals surface area (Å²) in [5.41, 5.74) is 0. The van der Waals surface area contributed by atoms with Gasteiger partial charge in [-0.1, -0.05) is 6.92 Å². The molecule has 0 amide bonds. The smallest absolute Gasteiger partial charge is 0.0940 e. The number of hydrogen-bond donors (Lipinski definition) is 1. The highest BCUT2D eigenvalue weighted by atomic mass is 32.1. The molecule has 2 aliphatic carbocycles. The van der Waals surface area contributed by atoms with Crippen LogP contribution in [0.1, 0.15) is 31.2 Å². The van der Waals surface area contributed by atoms with E-state index in [4.69, 9.17) is 0 Å². The van der Waals surface area contributed by atoms with Gasteiger partial charge in [-0.3, -0.25) is 0 Å². The van der Waals surface area contributed by atoms with Gasteiger partial charge in [-0.05, 0) is 43.6 Å². The van der Waals surface area contributed by atoms with Crippen molar-refractivity contribution in [1.29, 1.82) is 0 Å². The van der Waals surface area contributed by atoms with Crippen LogP contribution >= 0.6 is 11.3 Å². The van der Waals surface area contributed by atoms with Crippen LogP contribution in [0.2, 0.25) is 0 Å². The van der Waals surface area contributed by atoms with Gasteiger partial charge in [0.05, 0.1) is 5.01 Å². The molecule has 3 heteroatoms. The highest BCUT2D eigenvalue weighted by Gasteiger charge is 2.47. The van der Waals surface area contributed by atoms with Crippen LogP contribution in [-0.2, 0) is 6.42 Å². The first kappa shape index (κ1) is 10.7. The molecule has 2 fully saturated rings. The zero-order valence-corrected chi connectivity index (χ0v) is 10.7. The molecule has 2 aliphatic rings. The van der Waals surface area contributed by atoms with Gasteiger partial charge in [0.25, 0.3) is 0 Å². The van der Waals surface area contributed by atoms with E-state index in [1.54, 1.807) is 11.3 Å². The van der Waals surface area contributed by atoms with E-state index in [1.807, 2.05) is 6.20 Å². The van der Waals surface area contributed by atoms with Crippen LogP contribution < -0.4 is 5.32 Å². The molecule has 0 spiro atoms. The molecule has 0 aliphatic heterocycles. The predicted molar refractivity (Wildman–Crippen MR) is 67.6 cm³/mol. The molecule has 0 bridgehead atoms. The monoisotopic (exact) mass is 236 g/mol. The van der Waals surface area contributed by atoms with Crippen molar-refractivity contribution in [3.8, 4) is 0 Å². The minimum Gasteiger partial charge on any atom is -0.314 e. The van der Waals surface area contributed by atoms with E-state index in [1.165, 1.54) is 24.3 Å². The molecule has 88 valence electrons. The summed E-state index contributed by atoms with van der Waals surface area (Å²) in [4.78, 5) is 4.42. The van der Waals surface area contributed by atoms with E-state index in [2.05, 4.69) is 22.6 Å². The Bertz CT molecular complexity index is 326. The fraction of sp³-hybridized carbons (Fsp3) is 0.769. The lowest BCUT2D eigenvalue weighted by molar-refractivity contribution is 0.337. The van der Waals surface area contributed by atoms with Crippen molar-refractivity contribution >= 4 is 11.3 Å². The van der Waals surface area contributed by atoms with Gasteiger partial charge in [0.2, 0.25) is 0 Å². The Morgan fingerprint density at radius 3 is 2.88 bits per heavy atom. The maximum atomic E-state index is 4.42. The molecule has 0 radical (unpaired) electrons. The Morgan fingerprint density at radius 2 is 2.25 bits per heavy atom. The number of aromatic nitrogens is 1. The third-order valence-corrected chi connectivity index (χ3v) is 5.00. The SMILES string of the molecule is CCNC(Cc1nccs1)C1CC2CC2C1. The molecule has 2 nitrogen and oxygen atoms in total. The summed E-state index contributed by atoms with van der Waals surface area (Å²) >= 11 is 1.80. The van der Waals surface area contributed by atoms with Crippen molar-refractivity contribution in [2.24, 2.45) is 17.8 Å². The van der Waals surface area contributed by atoms with Gasteiger partial charge in [0.15, 0.2) is 0 Å². The molecular weight excluding hydrogens is 216 g/mol. The Labute approximate surface area is 101 Å². The summed E-state index contributed by atoms with van der Waals surface area (Å²) in [5, 5.41) is 7.06. The lowest BCUT2D eigenvalue weighted by atomic mass is 9.92. The topological polar surface area (TPSA) is 24.9 Å². The molecule has 0 aromatic carbocycles. The van der Waals surface area contributed by atoms with Crippen molar-refractivity contribution in [3.05, 3.63) is 16.6 Å². The highest BCUT2D eigenvalue weighted by molar-refractivity contribution is 7.09. The van der Waals surface area contributed by atoms with Gasteiger partial charge in [-0.15, -0.1) is 11.3 Å². The zero-order valence-electron chi connectivity index (χ0n) is 9.86. The van der Waals surface area contributed by atoms with Crippen LogP contribution in [0.4, 0.5) is 0 Å². The van der Waals surface area contributed by atoms with E-state index in [9.17, 15) is 0 Å². The zero-order chi connectivity index (χ0) is 11.0. The van der Waals surface area contributed by atoms with Crippen LogP contribution in [0.15, 0.2) is 11.6 Å². The third kappa shape index (κ3) is 2.16. The summed E-state index contributed by atoms with van der Waals surface area (Å²) in [6.45, 7) is 3.30. The first-order valence-electron chi connectivity index (χ1n) is 6.48. The van der Waals surface area contributed by atoms with E-state index in [-0.39, 0.29) is 0 Å². The third-order valence-electron chi connectivity index (χ3n) is 4.19. The summed E-state index contributed by atoms with van der Waals surface area (Å²) < 4.78 is 0. The lowest BCUT2D eigenvalue weighted by Crippen LogP contribution is -2.37. The number of nitrogens with zero attached hydrogens (tertiary/aromatic N) is 1. The van der Waals surface area contributed by atoms with Crippen LogP contribution in [-0.4, -0.2) is 17.6 Å². The van der Waals surface area contributed by atoms with Crippen LogP contribution in [0.3, 0.4) is 0 Å². The first-order valence-corrected chi connectivity index (χ1v) is 7.36. The van der Waals surface area contributed by atoms with Crippen molar-refractivity contribution in [1.82, 2.24) is 10.3 Å². The maximum Gasteiger partial charge on any atom is 0.0940 e. The number of likely N-dealkylation sites (N-methyl/N-ethyl adjacent to an activating group) is 1. The molecular formula is C13H20N2S. The quantitative estimate of drug-likeness (QED) is 0.850. The number of hydrogen-bond acceptors (Lipinski definition) is 3. The molecule has 3 unspecified atom stereocenters. The Morgan fingerprint density at radius 1 is 1.44 bits per heavy atom. The Balaban J connectivity index is 1.61. The minimum absolute atomic E-state index is 0.670. The molecule has 3 rings (SSSR count). The van der Waals surface area contributed by atoms with E-state index >= 15 is 0 Å². The van der Waals surface area contributed by atoms with Crippen molar-refractivity contribution in [3.63, 3.8) is 0 Å². The number of rotatable bonds is 5. The molecule has 3 atom stereocenters. The van der Waals surface area contributed by atoms with E-state index < -0.39 is 0 Å². The summed E-state index contributed by atoms with van der Waals surface area (Å²) in [6, 6.07) is 0.670. The molecule has 16 heavy (non-hydrogen) atoms. The lowest BCUT2D eigenvalue weighted by Gasteiger charge is -2.24. The summed E-state index contributed by atoms with van der Waals surface area (Å²) in [5.74, 6) is 3.08. The van der Waals surface area contributed by atoms with Gasteiger partial charge in [-0.25, -0.2) is 4.98 Å². The predicted octanol–water partition coefficient (Wildman–Crippen LogP) is 2.71. The maximum absolute atomic E-state index is 4.42. The summed E-state index contributed by atoms with van der Waals surface area (Å²) in [7, 11) is 0. The molecule has 1 aromatic rings. The number of nitrogens with one attached hydrogen (secondary N) is 1. The standard InChI is InChI=1S/C13H20N2S/c1-2-14-12(8-13-15-3-4-16-13)11-6-9-5-10(9)7-11/h3-4,9-12,14H,2,5-8H2,1H3. The van der Waals surface area contributed by atoms with Crippen LogP contribution in [0, 0.1) is 17.8 Å². The van der Waals surface area contributed by atoms with Gasteiger partial charge in [0.1, 0.15) is 0 Å². The second kappa shape index (κ2) is 4.46. The van der Waals surface area contributed by atoms with Crippen LogP contribution in [0.25, 0.3) is 0 Å². The highest BCUT2D eigenvalue weighted by Crippen LogP contribution is 2.55. The average molecular weight is 236 g/mol. The Hall–Kier alpha value is -0.410. The van der Waals surface area contributed by atoms with Crippen molar-refractivity contribution < 1.29 is 0 Å². The number of fused-ring (bicyclic) bond motifs is 1.